The number of rotatable bonds is 12. The lowest BCUT2D eigenvalue weighted by Gasteiger charge is -2.07. The number of hydrogen-bond acceptors (Lipinski definition) is 1. The molecule has 0 rings (SSSR count). The molecule has 97 valence electrons. The second-order valence-corrected chi connectivity index (χ2v) is 4.92. The first-order valence-corrected chi connectivity index (χ1v) is 7.40. The third-order valence-corrected chi connectivity index (χ3v) is 3.25. The van der Waals surface area contributed by atoms with E-state index in [0.29, 0.717) is 6.04 Å². The Hall–Kier alpha value is -0.0400. The van der Waals surface area contributed by atoms with Gasteiger partial charge in [0.2, 0.25) is 0 Å². The molecule has 1 nitrogen and oxygen atoms in total. The molecule has 0 spiro atoms. The largest absolute Gasteiger partial charge is 0.327 e. The molecule has 1 atom stereocenters. The number of nitrogens with two attached hydrogens (primary N) is 1. The lowest BCUT2D eigenvalue weighted by molar-refractivity contribution is 0.557. The summed E-state index contributed by atoms with van der Waals surface area (Å²) in [5.74, 6) is 0. The van der Waals surface area contributed by atoms with Crippen LogP contribution in [0.25, 0.3) is 0 Å². The Balaban J connectivity index is 2.93. The summed E-state index contributed by atoms with van der Waals surface area (Å²) in [5, 5.41) is 0. The highest BCUT2D eigenvalue weighted by Crippen LogP contribution is 2.11. The van der Waals surface area contributed by atoms with Crippen LogP contribution in [-0.2, 0) is 0 Å². The van der Waals surface area contributed by atoms with Crippen molar-refractivity contribution in [3.05, 3.63) is 6.42 Å². The minimum Gasteiger partial charge on any atom is -0.327 e. The van der Waals surface area contributed by atoms with Gasteiger partial charge >= 0.3 is 0 Å². The van der Waals surface area contributed by atoms with Gasteiger partial charge in [0.05, 0.1) is 0 Å². The Morgan fingerprint density at radius 1 is 0.812 bits per heavy atom. The molecule has 0 saturated carbocycles. The van der Waals surface area contributed by atoms with Gasteiger partial charge in [-0.15, -0.1) is 0 Å². The van der Waals surface area contributed by atoms with Crippen LogP contribution in [-0.4, -0.2) is 6.04 Å². The molecule has 0 fully saturated rings. The maximum atomic E-state index is 5.83. The van der Waals surface area contributed by atoms with E-state index in [0.717, 1.165) is 6.42 Å². The van der Waals surface area contributed by atoms with E-state index in [1.165, 1.54) is 64.2 Å². The van der Waals surface area contributed by atoms with Crippen LogP contribution in [0.2, 0.25) is 0 Å². The molecule has 0 aromatic heterocycles. The van der Waals surface area contributed by atoms with Crippen LogP contribution in [0.4, 0.5) is 0 Å². The molecule has 16 heavy (non-hydrogen) atoms. The fraction of sp³-hybridized carbons (Fsp3) is 0.933. The lowest BCUT2D eigenvalue weighted by Crippen LogP contribution is -2.18. The fourth-order valence-electron chi connectivity index (χ4n) is 1.95. The molecule has 1 unspecified atom stereocenters. The molecular formula is C15H32N. The Kier molecular flexibility index (Phi) is 13.0. The van der Waals surface area contributed by atoms with Gasteiger partial charge in [0.25, 0.3) is 0 Å². The summed E-state index contributed by atoms with van der Waals surface area (Å²) in [6.07, 6.45) is 17.3. The summed E-state index contributed by atoms with van der Waals surface area (Å²) in [6, 6.07) is 0.328. The molecule has 2 N–H and O–H groups in total. The molecule has 0 aromatic rings. The Morgan fingerprint density at radius 3 is 1.81 bits per heavy atom. The van der Waals surface area contributed by atoms with E-state index in [9.17, 15) is 0 Å². The molecule has 0 aliphatic carbocycles. The second-order valence-electron chi connectivity index (χ2n) is 4.92. The van der Waals surface area contributed by atoms with E-state index in [4.69, 9.17) is 5.73 Å². The van der Waals surface area contributed by atoms with E-state index >= 15 is 0 Å². The maximum absolute atomic E-state index is 5.83. The van der Waals surface area contributed by atoms with Crippen LogP contribution >= 0.6 is 0 Å². The van der Waals surface area contributed by atoms with E-state index in [2.05, 4.69) is 20.3 Å². The molecule has 1 radical (unpaired) electrons. The number of unbranched alkanes of at least 4 members (excludes halogenated alkanes) is 9. The topological polar surface area (TPSA) is 26.0 Å². The van der Waals surface area contributed by atoms with Crippen molar-refractivity contribution < 1.29 is 0 Å². The minimum atomic E-state index is 0.328. The predicted molar refractivity (Wildman–Crippen MR) is 74.4 cm³/mol. The van der Waals surface area contributed by atoms with E-state index < -0.39 is 0 Å². The van der Waals surface area contributed by atoms with E-state index in [1.807, 2.05) is 0 Å². The molecule has 0 amide bonds. The molecule has 0 aromatic carbocycles. The minimum absolute atomic E-state index is 0.328. The van der Waals surface area contributed by atoms with Crippen molar-refractivity contribution in [3.63, 3.8) is 0 Å². The Bertz CT molecular complexity index is 123. The highest BCUT2D eigenvalue weighted by molar-refractivity contribution is 4.77. The zero-order valence-electron chi connectivity index (χ0n) is 11.5. The molecule has 0 aliphatic rings. The Morgan fingerprint density at radius 2 is 1.31 bits per heavy atom. The summed E-state index contributed by atoms with van der Waals surface area (Å²) in [6.45, 7) is 4.43. The third-order valence-electron chi connectivity index (χ3n) is 3.25. The van der Waals surface area contributed by atoms with Gasteiger partial charge in [-0.1, -0.05) is 71.6 Å². The zero-order valence-corrected chi connectivity index (χ0v) is 11.5. The van der Waals surface area contributed by atoms with Gasteiger partial charge in [0.1, 0.15) is 0 Å². The van der Waals surface area contributed by atoms with Crippen molar-refractivity contribution in [2.75, 3.05) is 0 Å². The van der Waals surface area contributed by atoms with Crippen LogP contribution < -0.4 is 5.73 Å². The van der Waals surface area contributed by atoms with Crippen molar-refractivity contribution in [2.45, 2.75) is 90.5 Å². The van der Waals surface area contributed by atoms with Crippen LogP contribution in [0, 0.1) is 6.42 Å². The normalized spacial score (nSPS) is 12.9. The summed E-state index contributed by atoms with van der Waals surface area (Å²) < 4.78 is 0. The van der Waals surface area contributed by atoms with Gasteiger partial charge in [0, 0.05) is 6.04 Å². The third kappa shape index (κ3) is 12.0. The smallest absolute Gasteiger partial charge is 0.00677 e. The maximum Gasteiger partial charge on any atom is 0.00677 e. The monoisotopic (exact) mass is 226 g/mol. The van der Waals surface area contributed by atoms with Crippen molar-refractivity contribution in [1.29, 1.82) is 0 Å². The fourth-order valence-corrected chi connectivity index (χ4v) is 1.95. The summed E-state index contributed by atoms with van der Waals surface area (Å²) in [5.41, 5.74) is 5.83. The quantitative estimate of drug-likeness (QED) is 0.473. The first-order valence-electron chi connectivity index (χ1n) is 7.40. The first-order chi connectivity index (χ1) is 7.81. The first kappa shape index (κ1) is 16.0. The standard InChI is InChI=1S/C15H32N/c1-3-5-6-7-8-9-10-11-12-13-14-15(16)4-2/h14-15H,3-13,16H2,1-2H3. The van der Waals surface area contributed by atoms with E-state index in [1.54, 1.807) is 0 Å². The van der Waals surface area contributed by atoms with Crippen molar-refractivity contribution in [1.82, 2.24) is 0 Å². The predicted octanol–water partition coefficient (Wildman–Crippen LogP) is 4.85. The van der Waals surface area contributed by atoms with Crippen LogP contribution in [0.15, 0.2) is 0 Å². The van der Waals surface area contributed by atoms with Crippen LogP contribution in [0.1, 0.15) is 84.5 Å². The number of hydrogen-bond donors (Lipinski definition) is 1. The average Bonchev–Trinajstić information content (AvgIpc) is 2.31. The summed E-state index contributed by atoms with van der Waals surface area (Å²) in [7, 11) is 0. The summed E-state index contributed by atoms with van der Waals surface area (Å²) >= 11 is 0. The van der Waals surface area contributed by atoms with Crippen molar-refractivity contribution >= 4 is 0 Å². The lowest BCUT2D eigenvalue weighted by atomic mass is 10.0. The molecular weight excluding hydrogens is 194 g/mol. The van der Waals surface area contributed by atoms with Gasteiger partial charge < -0.3 is 5.73 Å². The molecule has 1 heteroatoms. The van der Waals surface area contributed by atoms with Crippen molar-refractivity contribution in [3.8, 4) is 0 Å². The van der Waals surface area contributed by atoms with Gasteiger partial charge in [-0.2, -0.15) is 0 Å². The van der Waals surface area contributed by atoms with Gasteiger partial charge in [0.15, 0.2) is 0 Å². The van der Waals surface area contributed by atoms with Gasteiger partial charge in [-0.3, -0.25) is 0 Å². The molecule has 0 aliphatic heterocycles. The SMILES string of the molecule is CCCCCCCCCCC[CH]C(N)CC. The van der Waals surface area contributed by atoms with Crippen LogP contribution in [0.5, 0.6) is 0 Å². The summed E-state index contributed by atoms with van der Waals surface area (Å²) in [4.78, 5) is 0. The zero-order chi connectivity index (χ0) is 12.1. The Labute approximate surface area is 103 Å². The van der Waals surface area contributed by atoms with E-state index in [-0.39, 0.29) is 0 Å². The van der Waals surface area contributed by atoms with Crippen LogP contribution in [0.3, 0.4) is 0 Å². The molecule has 0 bridgehead atoms. The van der Waals surface area contributed by atoms with Gasteiger partial charge in [-0.25, -0.2) is 0 Å². The second kappa shape index (κ2) is 13.0. The average molecular weight is 226 g/mol. The van der Waals surface area contributed by atoms with Crippen molar-refractivity contribution in [2.24, 2.45) is 5.73 Å². The molecule has 0 heterocycles. The molecule has 0 saturated heterocycles. The van der Waals surface area contributed by atoms with Gasteiger partial charge in [-0.05, 0) is 19.3 Å². The highest BCUT2D eigenvalue weighted by atomic mass is 14.6. The highest BCUT2D eigenvalue weighted by Gasteiger charge is 1.98.